The monoisotopic (exact) mass is 173 g/mol. The van der Waals surface area contributed by atoms with Crippen molar-refractivity contribution < 1.29 is 14.4 Å². The fourth-order valence-electron chi connectivity index (χ4n) is 0.680. The second-order valence-electron chi connectivity index (χ2n) is 2.47. The van der Waals surface area contributed by atoms with Crippen LogP contribution >= 0.6 is 0 Å². The maximum Gasteiger partial charge on any atom is 0.360 e. The molecule has 0 N–H and O–H groups in total. The SMILES string of the molecule is CCCC(C)=NOC(=O)COC. The van der Waals surface area contributed by atoms with Crippen molar-refractivity contribution in [3.05, 3.63) is 0 Å². The third kappa shape index (κ3) is 5.85. The van der Waals surface area contributed by atoms with Gasteiger partial charge in [0, 0.05) is 7.11 Å². The molecular formula is C8H15NO3. The maximum absolute atomic E-state index is 10.7. The summed E-state index contributed by atoms with van der Waals surface area (Å²) in [5.74, 6) is -0.465. The molecule has 0 fully saturated rings. The minimum Gasteiger partial charge on any atom is -0.373 e. The number of carbonyl (C=O) groups excluding carboxylic acids is 1. The molecule has 12 heavy (non-hydrogen) atoms. The second kappa shape index (κ2) is 6.79. The Morgan fingerprint density at radius 1 is 1.50 bits per heavy atom. The number of methoxy groups -OCH3 is 1. The summed E-state index contributed by atoms with van der Waals surface area (Å²) >= 11 is 0. The smallest absolute Gasteiger partial charge is 0.360 e. The van der Waals surface area contributed by atoms with Gasteiger partial charge in [-0.05, 0) is 13.3 Å². The first kappa shape index (κ1) is 11.1. The minimum absolute atomic E-state index is 0.0527. The third-order valence-electron chi connectivity index (χ3n) is 1.18. The summed E-state index contributed by atoms with van der Waals surface area (Å²) in [5.41, 5.74) is 0.821. The highest BCUT2D eigenvalue weighted by Crippen LogP contribution is 1.92. The maximum atomic E-state index is 10.7. The lowest BCUT2D eigenvalue weighted by atomic mass is 10.2. The van der Waals surface area contributed by atoms with E-state index in [1.165, 1.54) is 7.11 Å². The van der Waals surface area contributed by atoms with Crippen LogP contribution in [0.3, 0.4) is 0 Å². The van der Waals surface area contributed by atoms with E-state index in [9.17, 15) is 4.79 Å². The summed E-state index contributed by atoms with van der Waals surface area (Å²) in [4.78, 5) is 15.2. The van der Waals surface area contributed by atoms with Gasteiger partial charge in [0.2, 0.25) is 0 Å². The molecule has 0 aromatic carbocycles. The van der Waals surface area contributed by atoms with Crippen LogP contribution < -0.4 is 0 Å². The van der Waals surface area contributed by atoms with Crippen molar-refractivity contribution >= 4 is 11.7 Å². The fourth-order valence-corrected chi connectivity index (χ4v) is 0.680. The van der Waals surface area contributed by atoms with Gasteiger partial charge in [-0.1, -0.05) is 18.5 Å². The average molecular weight is 173 g/mol. The van der Waals surface area contributed by atoms with E-state index in [-0.39, 0.29) is 6.61 Å². The van der Waals surface area contributed by atoms with Crippen molar-refractivity contribution in [1.82, 2.24) is 0 Å². The molecule has 70 valence electrons. The van der Waals surface area contributed by atoms with Gasteiger partial charge in [-0.2, -0.15) is 0 Å². The number of hydrogen-bond acceptors (Lipinski definition) is 4. The standard InChI is InChI=1S/C8H15NO3/c1-4-5-7(2)9-12-8(10)6-11-3/h4-6H2,1-3H3. The van der Waals surface area contributed by atoms with Crippen LogP contribution in [0.4, 0.5) is 0 Å². The number of nitrogens with zero attached hydrogens (tertiary/aromatic N) is 1. The fraction of sp³-hybridized carbons (Fsp3) is 0.750. The van der Waals surface area contributed by atoms with Crippen molar-refractivity contribution in [2.75, 3.05) is 13.7 Å². The lowest BCUT2D eigenvalue weighted by molar-refractivity contribution is -0.147. The predicted molar refractivity (Wildman–Crippen MR) is 46.0 cm³/mol. The van der Waals surface area contributed by atoms with Crippen LogP contribution in [-0.2, 0) is 14.4 Å². The van der Waals surface area contributed by atoms with Gasteiger partial charge >= 0.3 is 5.97 Å². The van der Waals surface area contributed by atoms with Crippen LogP contribution in [0.25, 0.3) is 0 Å². The summed E-state index contributed by atoms with van der Waals surface area (Å²) in [6, 6.07) is 0. The average Bonchev–Trinajstić information content (AvgIpc) is 2.02. The molecular weight excluding hydrogens is 158 g/mol. The van der Waals surface area contributed by atoms with Gasteiger partial charge in [0.1, 0.15) is 6.61 Å². The Labute approximate surface area is 72.5 Å². The molecule has 0 unspecified atom stereocenters. The zero-order valence-corrected chi connectivity index (χ0v) is 7.79. The van der Waals surface area contributed by atoms with E-state index in [1.807, 2.05) is 13.8 Å². The normalized spacial score (nSPS) is 11.4. The molecule has 0 saturated heterocycles. The predicted octanol–water partition coefficient (Wildman–Crippen LogP) is 1.35. The Balaban J connectivity index is 3.63. The lowest BCUT2D eigenvalue weighted by Gasteiger charge is -1.97. The summed E-state index contributed by atoms with van der Waals surface area (Å²) < 4.78 is 4.55. The van der Waals surface area contributed by atoms with Gasteiger partial charge in [0.15, 0.2) is 0 Å². The van der Waals surface area contributed by atoms with Gasteiger partial charge in [0.05, 0.1) is 5.71 Å². The molecule has 4 heteroatoms. The Bertz CT molecular complexity index is 166. The van der Waals surface area contributed by atoms with E-state index in [4.69, 9.17) is 0 Å². The van der Waals surface area contributed by atoms with Gasteiger partial charge in [-0.25, -0.2) is 4.79 Å². The van der Waals surface area contributed by atoms with E-state index >= 15 is 0 Å². The molecule has 0 bridgehead atoms. The highest BCUT2D eigenvalue weighted by Gasteiger charge is 1.99. The topological polar surface area (TPSA) is 47.9 Å². The van der Waals surface area contributed by atoms with Crippen molar-refractivity contribution in [3.8, 4) is 0 Å². The molecule has 0 aliphatic rings. The Hall–Kier alpha value is -0.900. The van der Waals surface area contributed by atoms with Crippen LogP contribution in [-0.4, -0.2) is 25.4 Å². The van der Waals surface area contributed by atoms with Gasteiger partial charge in [-0.3, -0.25) is 0 Å². The molecule has 0 aromatic heterocycles. The zero-order valence-electron chi connectivity index (χ0n) is 7.79. The summed E-state index contributed by atoms with van der Waals surface area (Å²) in [5, 5.41) is 3.62. The summed E-state index contributed by atoms with van der Waals surface area (Å²) in [6.45, 7) is 3.81. The van der Waals surface area contributed by atoms with Crippen molar-refractivity contribution in [1.29, 1.82) is 0 Å². The Morgan fingerprint density at radius 3 is 2.67 bits per heavy atom. The first-order valence-electron chi connectivity index (χ1n) is 3.93. The van der Waals surface area contributed by atoms with E-state index in [0.717, 1.165) is 18.6 Å². The van der Waals surface area contributed by atoms with Gasteiger partial charge < -0.3 is 9.57 Å². The first-order chi connectivity index (χ1) is 5.70. The molecule has 0 saturated carbocycles. The van der Waals surface area contributed by atoms with Crippen molar-refractivity contribution in [2.45, 2.75) is 26.7 Å². The van der Waals surface area contributed by atoms with E-state index in [1.54, 1.807) is 0 Å². The molecule has 0 amide bonds. The first-order valence-corrected chi connectivity index (χ1v) is 3.93. The molecule has 0 spiro atoms. The third-order valence-corrected chi connectivity index (χ3v) is 1.18. The van der Waals surface area contributed by atoms with Crippen LogP contribution in [0, 0.1) is 0 Å². The molecule has 0 aliphatic carbocycles. The van der Waals surface area contributed by atoms with Gasteiger partial charge in [-0.15, -0.1) is 0 Å². The molecule has 0 aromatic rings. The molecule has 0 radical (unpaired) electrons. The molecule has 0 heterocycles. The lowest BCUT2D eigenvalue weighted by Crippen LogP contribution is -2.08. The van der Waals surface area contributed by atoms with E-state index in [2.05, 4.69) is 14.7 Å². The Kier molecular flexibility index (Phi) is 6.28. The summed E-state index contributed by atoms with van der Waals surface area (Å²) in [6.07, 6.45) is 1.84. The number of ether oxygens (including phenoxy) is 1. The number of oxime groups is 1. The van der Waals surface area contributed by atoms with E-state index in [0.29, 0.717) is 0 Å². The number of rotatable bonds is 5. The molecule has 0 atom stereocenters. The second-order valence-corrected chi connectivity index (χ2v) is 2.47. The number of hydrogen-bond donors (Lipinski definition) is 0. The van der Waals surface area contributed by atoms with Crippen LogP contribution in [0.2, 0.25) is 0 Å². The van der Waals surface area contributed by atoms with Crippen LogP contribution in [0.1, 0.15) is 26.7 Å². The zero-order chi connectivity index (χ0) is 9.40. The molecule has 4 nitrogen and oxygen atoms in total. The van der Waals surface area contributed by atoms with Crippen molar-refractivity contribution in [2.24, 2.45) is 5.16 Å². The highest BCUT2D eigenvalue weighted by atomic mass is 16.7. The van der Waals surface area contributed by atoms with E-state index < -0.39 is 5.97 Å². The van der Waals surface area contributed by atoms with Crippen LogP contribution in [0.15, 0.2) is 5.16 Å². The molecule has 0 aliphatic heterocycles. The largest absolute Gasteiger partial charge is 0.373 e. The minimum atomic E-state index is -0.465. The Morgan fingerprint density at radius 2 is 2.17 bits per heavy atom. The highest BCUT2D eigenvalue weighted by molar-refractivity contribution is 5.82. The van der Waals surface area contributed by atoms with Gasteiger partial charge in [0.25, 0.3) is 0 Å². The van der Waals surface area contributed by atoms with Crippen LogP contribution in [0.5, 0.6) is 0 Å². The quantitative estimate of drug-likeness (QED) is 0.358. The number of carbonyl (C=O) groups is 1. The molecule has 0 rings (SSSR count). The van der Waals surface area contributed by atoms with Crippen molar-refractivity contribution in [3.63, 3.8) is 0 Å². The summed E-state index contributed by atoms with van der Waals surface area (Å²) in [7, 11) is 1.43.